The molecule has 0 bridgehead atoms. The van der Waals surface area contributed by atoms with E-state index in [0.717, 1.165) is 11.1 Å². The summed E-state index contributed by atoms with van der Waals surface area (Å²) < 4.78 is 12.9. The van der Waals surface area contributed by atoms with Gasteiger partial charge in [0, 0.05) is 12.0 Å². The minimum absolute atomic E-state index is 0.275. The molecule has 2 aromatic carbocycles. The minimum atomic E-state index is -0.819. The molecule has 5 heteroatoms. The average Bonchev–Trinajstić information content (AvgIpc) is 2.49. The standard InChI is InChI=1S/C17H17FN2O2/c1-11-2-4-12(5-3-11)10-15(16(19)21)20-17(22)13-6-8-14(18)9-7-13/h2-9,15H,10H2,1H3,(H2,19,21)(H,20,22)/t15-/m0/s1. The summed E-state index contributed by atoms with van der Waals surface area (Å²) in [6.45, 7) is 1.96. The van der Waals surface area contributed by atoms with Crippen LogP contribution >= 0.6 is 0 Å². The van der Waals surface area contributed by atoms with Crippen LogP contribution in [0.4, 0.5) is 4.39 Å². The largest absolute Gasteiger partial charge is 0.368 e. The first-order valence-corrected chi connectivity index (χ1v) is 6.87. The molecule has 0 saturated carbocycles. The van der Waals surface area contributed by atoms with Crippen molar-refractivity contribution in [3.63, 3.8) is 0 Å². The molecule has 114 valence electrons. The quantitative estimate of drug-likeness (QED) is 0.886. The number of nitrogens with two attached hydrogens (primary N) is 1. The number of halogens is 1. The third-order valence-electron chi connectivity index (χ3n) is 3.32. The normalized spacial score (nSPS) is 11.7. The monoisotopic (exact) mass is 300 g/mol. The van der Waals surface area contributed by atoms with Crippen molar-refractivity contribution in [3.05, 3.63) is 71.0 Å². The number of amides is 2. The second-order valence-electron chi connectivity index (χ2n) is 5.13. The van der Waals surface area contributed by atoms with Crippen molar-refractivity contribution in [2.24, 2.45) is 5.73 Å². The van der Waals surface area contributed by atoms with Crippen LogP contribution < -0.4 is 11.1 Å². The summed E-state index contributed by atoms with van der Waals surface area (Å²) in [5.74, 6) is -1.50. The van der Waals surface area contributed by atoms with E-state index in [2.05, 4.69) is 5.32 Å². The van der Waals surface area contributed by atoms with Gasteiger partial charge in [0.2, 0.25) is 5.91 Å². The topological polar surface area (TPSA) is 72.2 Å². The highest BCUT2D eigenvalue weighted by Gasteiger charge is 2.19. The summed E-state index contributed by atoms with van der Waals surface area (Å²) in [6, 6.07) is 11.9. The molecule has 0 fully saturated rings. The Bertz CT molecular complexity index is 666. The van der Waals surface area contributed by atoms with Crippen LogP contribution in [0.1, 0.15) is 21.5 Å². The molecule has 0 aliphatic carbocycles. The predicted octanol–water partition coefficient (Wildman–Crippen LogP) is 1.96. The molecule has 2 amide bonds. The Morgan fingerprint density at radius 2 is 1.68 bits per heavy atom. The lowest BCUT2D eigenvalue weighted by atomic mass is 10.0. The fraction of sp³-hybridized carbons (Fsp3) is 0.176. The van der Waals surface area contributed by atoms with E-state index in [4.69, 9.17) is 5.73 Å². The van der Waals surface area contributed by atoms with E-state index in [9.17, 15) is 14.0 Å². The van der Waals surface area contributed by atoms with Gasteiger partial charge in [-0.3, -0.25) is 9.59 Å². The van der Waals surface area contributed by atoms with E-state index in [-0.39, 0.29) is 5.56 Å². The first-order chi connectivity index (χ1) is 10.5. The van der Waals surface area contributed by atoms with Crippen LogP contribution in [0.5, 0.6) is 0 Å². The van der Waals surface area contributed by atoms with Gasteiger partial charge in [-0.25, -0.2) is 4.39 Å². The zero-order chi connectivity index (χ0) is 16.1. The van der Waals surface area contributed by atoms with Crippen LogP contribution in [0.2, 0.25) is 0 Å². The molecule has 2 rings (SSSR count). The van der Waals surface area contributed by atoms with Crippen molar-refractivity contribution in [1.82, 2.24) is 5.32 Å². The maximum atomic E-state index is 12.9. The lowest BCUT2D eigenvalue weighted by Crippen LogP contribution is -2.45. The third kappa shape index (κ3) is 4.15. The van der Waals surface area contributed by atoms with Crippen molar-refractivity contribution in [1.29, 1.82) is 0 Å². The zero-order valence-electron chi connectivity index (χ0n) is 12.2. The minimum Gasteiger partial charge on any atom is -0.368 e. The molecule has 0 radical (unpaired) electrons. The number of aryl methyl sites for hydroxylation is 1. The maximum Gasteiger partial charge on any atom is 0.251 e. The Kier molecular flexibility index (Phi) is 4.88. The maximum absolute atomic E-state index is 12.9. The summed E-state index contributed by atoms with van der Waals surface area (Å²) in [7, 11) is 0. The number of primary amides is 1. The lowest BCUT2D eigenvalue weighted by Gasteiger charge is -2.16. The van der Waals surface area contributed by atoms with Crippen LogP contribution in [-0.4, -0.2) is 17.9 Å². The summed E-state index contributed by atoms with van der Waals surface area (Å²) >= 11 is 0. The molecule has 0 aromatic heterocycles. The molecule has 0 heterocycles. The summed E-state index contributed by atoms with van der Waals surface area (Å²) in [5, 5.41) is 2.58. The fourth-order valence-corrected chi connectivity index (χ4v) is 2.03. The smallest absolute Gasteiger partial charge is 0.251 e. The summed E-state index contributed by atoms with van der Waals surface area (Å²) in [4.78, 5) is 23.6. The second-order valence-corrected chi connectivity index (χ2v) is 5.13. The molecule has 2 aromatic rings. The number of nitrogens with one attached hydrogen (secondary N) is 1. The highest BCUT2D eigenvalue weighted by Crippen LogP contribution is 2.08. The summed E-state index contributed by atoms with van der Waals surface area (Å²) in [5.41, 5.74) is 7.63. The van der Waals surface area contributed by atoms with Gasteiger partial charge in [0.05, 0.1) is 0 Å². The molecule has 0 unspecified atom stereocenters. The molecule has 4 nitrogen and oxygen atoms in total. The molecule has 22 heavy (non-hydrogen) atoms. The molecule has 0 saturated heterocycles. The average molecular weight is 300 g/mol. The highest BCUT2D eigenvalue weighted by atomic mass is 19.1. The van der Waals surface area contributed by atoms with Gasteiger partial charge in [0.25, 0.3) is 5.91 Å². The van der Waals surface area contributed by atoms with Gasteiger partial charge in [0.15, 0.2) is 0 Å². The van der Waals surface area contributed by atoms with E-state index in [1.54, 1.807) is 0 Å². The van der Waals surface area contributed by atoms with Crippen LogP contribution in [0.3, 0.4) is 0 Å². The number of rotatable bonds is 5. The van der Waals surface area contributed by atoms with Crippen LogP contribution in [0.15, 0.2) is 48.5 Å². The van der Waals surface area contributed by atoms with E-state index >= 15 is 0 Å². The van der Waals surface area contributed by atoms with Gasteiger partial charge in [-0.1, -0.05) is 29.8 Å². The second kappa shape index (κ2) is 6.85. The van der Waals surface area contributed by atoms with Crippen molar-refractivity contribution < 1.29 is 14.0 Å². The Morgan fingerprint density at radius 3 is 2.23 bits per heavy atom. The van der Waals surface area contributed by atoms with Crippen LogP contribution in [0.25, 0.3) is 0 Å². The van der Waals surface area contributed by atoms with Gasteiger partial charge in [-0.15, -0.1) is 0 Å². The van der Waals surface area contributed by atoms with Gasteiger partial charge in [-0.05, 0) is 36.8 Å². The number of hydrogen-bond acceptors (Lipinski definition) is 2. The van der Waals surface area contributed by atoms with E-state index in [1.807, 2.05) is 31.2 Å². The third-order valence-corrected chi connectivity index (χ3v) is 3.32. The van der Waals surface area contributed by atoms with E-state index in [1.165, 1.54) is 24.3 Å². The SMILES string of the molecule is Cc1ccc(C[C@H](NC(=O)c2ccc(F)cc2)C(N)=O)cc1. The number of benzene rings is 2. The van der Waals surface area contributed by atoms with Gasteiger partial charge < -0.3 is 11.1 Å². The zero-order valence-corrected chi connectivity index (χ0v) is 12.2. The van der Waals surface area contributed by atoms with Gasteiger partial charge in [0.1, 0.15) is 11.9 Å². The Hall–Kier alpha value is -2.69. The van der Waals surface area contributed by atoms with Crippen molar-refractivity contribution in [2.45, 2.75) is 19.4 Å². The summed E-state index contributed by atoms with van der Waals surface area (Å²) in [6.07, 6.45) is 0.308. The molecular formula is C17H17FN2O2. The molecule has 0 spiro atoms. The van der Waals surface area contributed by atoms with Crippen molar-refractivity contribution >= 4 is 11.8 Å². The van der Waals surface area contributed by atoms with Crippen LogP contribution in [0, 0.1) is 12.7 Å². The Labute approximate surface area is 128 Å². The lowest BCUT2D eigenvalue weighted by molar-refractivity contribution is -0.119. The number of hydrogen-bond donors (Lipinski definition) is 2. The first kappa shape index (κ1) is 15.7. The molecular weight excluding hydrogens is 283 g/mol. The molecule has 0 aliphatic rings. The fourth-order valence-electron chi connectivity index (χ4n) is 2.03. The number of carbonyl (C=O) groups excluding carboxylic acids is 2. The first-order valence-electron chi connectivity index (χ1n) is 6.87. The highest BCUT2D eigenvalue weighted by molar-refractivity contribution is 5.97. The number of carbonyl (C=O) groups is 2. The van der Waals surface area contributed by atoms with E-state index < -0.39 is 23.7 Å². The van der Waals surface area contributed by atoms with E-state index in [0.29, 0.717) is 6.42 Å². The molecule has 0 aliphatic heterocycles. The van der Waals surface area contributed by atoms with Crippen LogP contribution in [-0.2, 0) is 11.2 Å². The molecule has 1 atom stereocenters. The van der Waals surface area contributed by atoms with Gasteiger partial charge in [-0.2, -0.15) is 0 Å². The van der Waals surface area contributed by atoms with Crippen molar-refractivity contribution in [2.75, 3.05) is 0 Å². The predicted molar refractivity (Wildman–Crippen MR) is 81.7 cm³/mol. The molecule has 3 N–H and O–H groups in total. The Morgan fingerprint density at radius 1 is 1.09 bits per heavy atom. The van der Waals surface area contributed by atoms with Gasteiger partial charge >= 0.3 is 0 Å². The van der Waals surface area contributed by atoms with Crippen molar-refractivity contribution in [3.8, 4) is 0 Å². The Balaban J connectivity index is 2.08.